The average Bonchev–Trinajstić information content (AvgIpc) is 3.36. The molecule has 1 atom stereocenters. The lowest BCUT2D eigenvalue weighted by Gasteiger charge is -2.19. The maximum Gasteiger partial charge on any atom is 0.225 e. The summed E-state index contributed by atoms with van der Waals surface area (Å²) >= 11 is 0. The number of benzene rings is 1. The van der Waals surface area contributed by atoms with E-state index in [2.05, 4.69) is 45.3 Å². The van der Waals surface area contributed by atoms with Gasteiger partial charge in [0.25, 0.3) is 0 Å². The molecule has 4 rings (SSSR count). The van der Waals surface area contributed by atoms with Crippen LogP contribution < -0.4 is 4.90 Å². The van der Waals surface area contributed by atoms with Gasteiger partial charge in [-0.2, -0.15) is 5.10 Å². The van der Waals surface area contributed by atoms with E-state index >= 15 is 0 Å². The number of hydrogen-bond donors (Lipinski definition) is 0. The van der Waals surface area contributed by atoms with Gasteiger partial charge in [0.15, 0.2) is 0 Å². The van der Waals surface area contributed by atoms with Gasteiger partial charge in [0.2, 0.25) is 5.95 Å². The number of aryl methyl sites for hydroxylation is 1. The van der Waals surface area contributed by atoms with Gasteiger partial charge in [0.1, 0.15) is 0 Å². The first-order valence-corrected chi connectivity index (χ1v) is 9.89. The fourth-order valence-corrected chi connectivity index (χ4v) is 3.89. The Balaban J connectivity index is 1.53. The van der Waals surface area contributed by atoms with Crippen molar-refractivity contribution in [3.63, 3.8) is 0 Å². The molecule has 2 aromatic heterocycles. The predicted octanol–water partition coefficient (Wildman–Crippen LogP) is 2.98. The summed E-state index contributed by atoms with van der Waals surface area (Å²) in [6, 6.07) is 10.7. The van der Waals surface area contributed by atoms with Gasteiger partial charge in [-0.15, -0.1) is 0 Å². The van der Waals surface area contributed by atoms with Gasteiger partial charge in [0, 0.05) is 63.7 Å². The van der Waals surface area contributed by atoms with Crippen LogP contribution in [0.4, 0.5) is 5.95 Å². The monoisotopic (exact) mass is 376 g/mol. The first kappa shape index (κ1) is 18.6. The summed E-state index contributed by atoms with van der Waals surface area (Å²) in [7, 11) is 5.92. The minimum atomic E-state index is 0.424. The van der Waals surface area contributed by atoms with Gasteiger partial charge in [0.05, 0.1) is 11.9 Å². The predicted molar refractivity (Wildman–Crippen MR) is 113 cm³/mol. The summed E-state index contributed by atoms with van der Waals surface area (Å²) in [4.78, 5) is 14.0. The Morgan fingerprint density at radius 2 is 1.96 bits per heavy atom. The number of likely N-dealkylation sites (tertiary alicyclic amines) is 1. The third-order valence-electron chi connectivity index (χ3n) is 5.44. The summed E-state index contributed by atoms with van der Waals surface area (Å²) in [5, 5.41) is 4.34. The van der Waals surface area contributed by atoms with Crippen LogP contribution in [0.3, 0.4) is 0 Å². The van der Waals surface area contributed by atoms with Crippen molar-refractivity contribution in [1.29, 1.82) is 0 Å². The Bertz CT molecular complexity index is 918. The lowest BCUT2D eigenvalue weighted by molar-refractivity contribution is 0.338. The first-order valence-electron chi connectivity index (χ1n) is 9.89. The molecule has 0 spiro atoms. The Labute approximate surface area is 166 Å². The molecule has 3 heterocycles. The highest BCUT2D eigenvalue weighted by Crippen LogP contribution is 2.34. The van der Waals surface area contributed by atoms with Gasteiger partial charge < -0.3 is 9.80 Å². The fourth-order valence-electron chi connectivity index (χ4n) is 3.89. The molecule has 0 saturated carbocycles. The summed E-state index contributed by atoms with van der Waals surface area (Å²) in [5.41, 5.74) is 4.74. The molecule has 6 nitrogen and oxygen atoms in total. The Kier molecular flexibility index (Phi) is 5.39. The van der Waals surface area contributed by atoms with Crippen LogP contribution in [-0.4, -0.2) is 58.4 Å². The van der Waals surface area contributed by atoms with E-state index in [4.69, 9.17) is 4.98 Å². The molecule has 0 amide bonds. The van der Waals surface area contributed by atoms with E-state index in [-0.39, 0.29) is 0 Å². The molecule has 1 aromatic carbocycles. The van der Waals surface area contributed by atoms with Crippen molar-refractivity contribution in [3.8, 4) is 11.1 Å². The van der Waals surface area contributed by atoms with Gasteiger partial charge in [-0.25, -0.2) is 9.97 Å². The van der Waals surface area contributed by atoms with Crippen LogP contribution in [0.5, 0.6) is 0 Å². The van der Waals surface area contributed by atoms with Crippen LogP contribution >= 0.6 is 0 Å². The molecule has 1 unspecified atom stereocenters. The second kappa shape index (κ2) is 8.10. The van der Waals surface area contributed by atoms with Crippen molar-refractivity contribution in [2.75, 3.05) is 38.6 Å². The minimum absolute atomic E-state index is 0.424. The minimum Gasteiger partial charge on any atom is -0.347 e. The molecule has 6 heteroatoms. The summed E-state index contributed by atoms with van der Waals surface area (Å²) < 4.78 is 1.83. The molecule has 0 N–H and O–H groups in total. The summed E-state index contributed by atoms with van der Waals surface area (Å²) in [6.07, 6.45) is 8.13. The summed E-state index contributed by atoms with van der Waals surface area (Å²) in [6.45, 7) is 3.25. The lowest BCUT2D eigenvalue weighted by atomic mass is 9.97. The van der Waals surface area contributed by atoms with Crippen molar-refractivity contribution in [2.45, 2.75) is 18.8 Å². The highest BCUT2D eigenvalue weighted by Gasteiger charge is 2.28. The van der Waals surface area contributed by atoms with E-state index < -0.39 is 0 Å². The highest BCUT2D eigenvalue weighted by atomic mass is 15.2. The first-order chi connectivity index (χ1) is 13.6. The van der Waals surface area contributed by atoms with Gasteiger partial charge in [-0.3, -0.25) is 4.68 Å². The fraction of sp³-hybridized carbons (Fsp3) is 0.409. The number of aromatic nitrogens is 4. The highest BCUT2D eigenvalue weighted by molar-refractivity contribution is 5.65. The van der Waals surface area contributed by atoms with E-state index in [9.17, 15) is 0 Å². The number of rotatable bonds is 6. The molecule has 146 valence electrons. The molecular weight excluding hydrogens is 348 g/mol. The third kappa shape index (κ3) is 4.07. The Morgan fingerprint density at radius 1 is 1.14 bits per heavy atom. The molecule has 0 radical (unpaired) electrons. The van der Waals surface area contributed by atoms with Crippen molar-refractivity contribution in [2.24, 2.45) is 7.05 Å². The quantitative estimate of drug-likeness (QED) is 0.662. The van der Waals surface area contributed by atoms with E-state index in [1.165, 1.54) is 5.56 Å². The van der Waals surface area contributed by atoms with Crippen LogP contribution in [-0.2, 0) is 13.5 Å². The molecule has 1 fully saturated rings. The van der Waals surface area contributed by atoms with Crippen LogP contribution in [0.15, 0.2) is 48.9 Å². The molecule has 1 saturated heterocycles. The zero-order valence-electron chi connectivity index (χ0n) is 16.9. The Morgan fingerprint density at radius 3 is 2.68 bits per heavy atom. The molecule has 0 aliphatic carbocycles. The molecule has 28 heavy (non-hydrogen) atoms. The summed E-state index contributed by atoms with van der Waals surface area (Å²) in [5.74, 6) is 1.19. The SMILES string of the molecule is CN(C)c1ncc(-c2cnn(C)c2)c(C2CCN(CCc3ccccc3)C2)n1. The molecular formula is C22H28N6. The van der Waals surface area contributed by atoms with Crippen LogP contribution in [0.25, 0.3) is 11.1 Å². The number of nitrogens with zero attached hydrogens (tertiary/aromatic N) is 6. The zero-order chi connectivity index (χ0) is 19.5. The van der Waals surface area contributed by atoms with Gasteiger partial charge in [-0.1, -0.05) is 30.3 Å². The number of hydrogen-bond acceptors (Lipinski definition) is 5. The molecule has 3 aromatic rings. The maximum atomic E-state index is 4.94. The van der Waals surface area contributed by atoms with E-state index in [1.807, 2.05) is 49.3 Å². The molecule has 1 aliphatic rings. The van der Waals surface area contributed by atoms with Gasteiger partial charge in [-0.05, 0) is 24.9 Å². The van der Waals surface area contributed by atoms with E-state index in [0.29, 0.717) is 5.92 Å². The van der Waals surface area contributed by atoms with Crippen molar-refractivity contribution < 1.29 is 0 Å². The van der Waals surface area contributed by atoms with Crippen molar-refractivity contribution in [3.05, 3.63) is 60.2 Å². The smallest absolute Gasteiger partial charge is 0.225 e. The van der Waals surface area contributed by atoms with E-state index in [0.717, 1.165) is 55.2 Å². The Hall–Kier alpha value is -2.73. The van der Waals surface area contributed by atoms with Crippen molar-refractivity contribution in [1.82, 2.24) is 24.6 Å². The van der Waals surface area contributed by atoms with Crippen LogP contribution in [0.2, 0.25) is 0 Å². The molecule has 1 aliphatic heterocycles. The largest absolute Gasteiger partial charge is 0.347 e. The normalized spacial score (nSPS) is 17.2. The van der Waals surface area contributed by atoms with Crippen molar-refractivity contribution >= 4 is 5.95 Å². The van der Waals surface area contributed by atoms with E-state index in [1.54, 1.807) is 0 Å². The number of anilines is 1. The van der Waals surface area contributed by atoms with Crippen LogP contribution in [0, 0.1) is 0 Å². The lowest BCUT2D eigenvalue weighted by Crippen LogP contribution is -2.23. The zero-order valence-corrected chi connectivity index (χ0v) is 16.9. The molecule has 0 bridgehead atoms. The third-order valence-corrected chi connectivity index (χ3v) is 5.44. The standard InChI is InChI=1S/C22H28N6/c1-26(2)22-23-14-20(19-13-24-27(3)15-19)21(25-22)18-10-12-28(16-18)11-9-17-7-5-4-6-8-17/h4-8,13-15,18H,9-12,16H2,1-3H3. The maximum absolute atomic E-state index is 4.94. The average molecular weight is 377 g/mol. The second-order valence-electron chi connectivity index (χ2n) is 7.79. The van der Waals surface area contributed by atoms with Gasteiger partial charge >= 0.3 is 0 Å². The second-order valence-corrected chi connectivity index (χ2v) is 7.79. The topological polar surface area (TPSA) is 50.1 Å². The van der Waals surface area contributed by atoms with Crippen LogP contribution in [0.1, 0.15) is 23.6 Å².